The molecule has 7 nitrogen and oxygen atoms in total. The van der Waals surface area contributed by atoms with E-state index in [1.54, 1.807) is 29.1 Å². The molecule has 4 heterocycles. The fraction of sp³-hybridized carbons (Fsp3) is 0.367. The van der Waals surface area contributed by atoms with Gasteiger partial charge in [0.25, 0.3) is 5.56 Å². The number of benzene rings is 1. The largest absolute Gasteiger partial charge is 0.487 e. The molecule has 8 heteroatoms. The minimum atomic E-state index is -0.190. The lowest BCUT2D eigenvalue weighted by atomic mass is 9.78. The molecule has 1 amide bonds. The number of piperidine rings is 1. The van der Waals surface area contributed by atoms with Crippen LogP contribution in [0.2, 0.25) is 5.02 Å². The van der Waals surface area contributed by atoms with E-state index >= 15 is 0 Å². The van der Waals surface area contributed by atoms with Gasteiger partial charge in [0.05, 0.1) is 16.1 Å². The number of halogens is 1. The summed E-state index contributed by atoms with van der Waals surface area (Å²) in [5.74, 6) is 0.748. The molecule has 38 heavy (non-hydrogen) atoms. The van der Waals surface area contributed by atoms with E-state index in [4.69, 9.17) is 16.3 Å². The van der Waals surface area contributed by atoms with Crippen LogP contribution in [0.25, 0.3) is 11.8 Å². The normalized spacial score (nSPS) is 21.2. The predicted molar refractivity (Wildman–Crippen MR) is 148 cm³/mol. The number of pyridine rings is 2. The van der Waals surface area contributed by atoms with Gasteiger partial charge in [0.1, 0.15) is 12.4 Å². The number of allylic oxidation sites excluding steroid dienone is 1. The highest BCUT2D eigenvalue weighted by atomic mass is 35.5. The summed E-state index contributed by atoms with van der Waals surface area (Å²) in [5.41, 5.74) is 5.16. The van der Waals surface area contributed by atoms with Crippen molar-refractivity contribution in [2.24, 2.45) is 5.41 Å². The monoisotopic (exact) mass is 530 g/mol. The van der Waals surface area contributed by atoms with Gasteiger partial charge in [-0.2, -0.15) is 0 Å². The molecule has 1 atom stereocenters. The third-order valence-electron chi connectivity index (χ3n) is 7.99. The van der Waals surface area contributed by atoms with Gasteiger partial charge in [0.2, 0.25) is 5.91 Å². The second kappa shape index (κ2) is 10.4. The maximum Gasteiger partial charge on any atom is 0.258 e. The van der Waals surface area contributed by atoms with Gasteiger partial charge in [-0.25, -0.2) is 0 Å². The second-order valence-electron chi connectivity index (χ2n) is 10.6. The van der Waals surface area contributed by atoms with Gasteiger partial charge in [-0.3, -0.25) is 24.0 Å². The Morgan fingerprint density at radius 2 is 2.00 bits per heavy atom. The fourth-order valence-electron chi connectivity index (χ4n) is 5.98. The number of likely N-dealkylation sites (tertiary alicyclic amines) is 1. The molecule has 6 rings (SSSR count). The summed E-state index contributed by atoms with van der Waals surface area (Å²) in [4.78, 5) is 32.0. The van der Waals surface area contributed by atoms with Crippen LogP contribution in [0, 0.1) is 5.41 Å². The number of carbonyl (C=O) groups is 1. The van der Waals surface area contributed by atoms with Crippen molar-refractivity contribution in [3.8, 4) is 5.75 Å². The Kier molecular flexibility index (Phi) is 6.80. The third kappa shape index (κ3) is 5.13. The average Bonchev–Trinajstić information content (AvgIpc) is 3.26. The zero-order valence-electron chi connectivity index (χ0n) is 21.3. The highest BCUT2D eigenvalue weighted by molar-refractivity contribution is 6.30. The molecule has 1 aliphatic carbocycles. The smallest absolute Gasteiger partial charge is 0.258 e. The minimum Gasteiger partial charge on any atom is -0.487 e. The predicted octanol–water partition coefficient (Wildman–Crippen LogP) is 4.52. The van der Waals surface area contributed by atoms with E-state index in [0.717, 1.165) is 75.2 Å². The molecule has 3 aromatic rings. The number of nitrogens with one attached hydrogen (secondary N) is 1. The molecule has 1 aromatic carbocycles. The summed E-state index contributed by atoms with van der Waals surface area (Å²) in [6.45, 7) is 3.82. The van der Waals surface area contributed by atoms with E-state index in [1.807, 2.05) is 6.07 Å². The number of hydrogen-bond acceptors (Lipinski definition) is 5. The van der Waals surface area contributed by atoms with Crippen molar-refractivity contribution in [3.63, 3.8) is 0 Å². The number of rotatable bonds is 6. The first-order chi connectivity index (χ1) is 18.5. The second-order valence-corrected chi connectivity index (χ2v) is 11.0. The van der Waals surface area contributed by atoms with Crippen molar-refractivity contribution in [2.45, 2.75) is 45.3 Å². The first kappa shape index (κ1) is 24.9. The van der Waals surface area contributed by atoms with E-state index in [2.05, 4.69) is 39.5 Å². The summed E-state index contributed by atoms with van der Waals surface area (Å²) in [7, 11) is 0. The molecule has 2 fully saturated rings. The Morgan fingerprint density at radius 1 is 1.08 bits per heavy atom. The van der Waals surface area contributed by atoms with Crippen LogP contribution in [-0.2, 0) is 24.4 Å². The topological polar surface area (TPSA) is 76.5 Å². The van der Waals surface area contributed by atoms with Gasteiger partial charge in [-0.05, 0) is 79.6 Å². The number of amides is 1. The number of ether oxygens (including phenoxy) is 1. The Labute approximate surface area is 227 Å². The lowest BCUT2D eigenvalue weighted by Crippen LogP contribution is -2.46. The molecule has 2 saturated heterocycles. The van der Waals surface area contributed by atoms with E-state index in [9.17, 15) is 9.59 Å². The minimum absolute atomic E-state index is 0.118. The molecule has 3 aliphatic rings. The third-order valence-corrected chi connectivity index (χ3v) is 8.21. The van der Waals surface area contributed by atoms with Crippen LogP contribution < -0.4 is 15.6 Å². The molecule has 0 bridgehead atoms. The number of hydrogen-bond donors (Lipinski definition) is 1. The van der Waals surface area contributed by atoms with E-state index in [-0.39, 0.29) is 23.5 Å². The van der Waals surface area contributed by atoms with E-state index in [1.165, 1.54) is 17.2 Å². The molecular weight excluding hydrogens is 500 g/mol. The quantitative estimate of drug-likeness (QED) is 0.507. The van der Waals surface area contributed by atoms with Crippen molar-refractivity contribution in [2.75, 3.05) is 19.6 Å². The number of aryl methyl sites for hydroxylation is 1. The van der Waals surface area contributed by atoms with Crippen molar-refractivity contribution in [1.29, 1.82) is 0 Å². The van der Waals surface area contributed by atoms with Crippen LogP contribution in [-0.4, -0.2) is 40.0 Å². The molecule has 0 saturated carbocycles. The maximum atomic E-state index is 12.9. The summed E-state index contributed by atoms with van der Waals surface area (Å²) < 4.78 is 7.46. The SMILES string of the molecule is O=C1NCCC12CCCN(Cc1ccc3c(c1)CCC(n1ccc(OCc4ccc(Cl)cn4)cc1=O)=C3)C2. The highest BCUT2D eigenvalue weighted by Crippen LogP contribution is 2.37. The summed E-state index contributed by atoms with van der Waals surface area (Å²) in [6, 6.07) is 13.5. The van der Waals surface area contributed by atoms with Crippen molar-refractivity contribution in [3.05, 3.63) is 92.6 Å². The van der Waals surface area contributed by atoms with E-state index in [0.29, 0.717) is 10.8 Å². The Hall–Kier alpha value is -3.42. The molecule has 1 N–H and O–H groups in total. The number of fused-ring (bicyclic) bond motifs is 1. The lowest BCUT2D eigenvalue weighted by molar-refractivity contribution is -0.130. The van der Waals surface area contributed by atoms with Gasteiger partial charge in [-0.15, -0.1) is 0 Å². The molecule has 2 aliphatic heterocycles. The molecule has 1 spiro atoms. The van der Waals surface area contributed by atoms with Gasteiger partial charge in [-0.1, -0.05) is 29.8 Å². The summed E-state index contributed by atoms with van der Waals surface area (Å²) >= 11 is 5.88. The van der Waals surface area contributed by atoms with Crippen molar-refractivity contribution in [1.82, 2.24) is 19.8 Å². The van der Waals surface area contributed by atoms with Gasteiger partial charge >= 0.3 is 0 Å². The fourth-order valence-corrected chi connectivity index (χ4v) is 6.09. The number of aromatic nitrogens is 2. The highest BCUT2D eigenvalue weighted by Gasteiger charge is 2.45. The van der Waals surface area contributed by atoms with Gasteiger partial charge in [0, 0.05) is 43.8 Å². The number of carbonyl (C=O) groups excluding carboxylic acids is 1. The van der Waals surface area contributed by atoms with Gasteiger partial charge in [0.15, 0.2) is 0 Å². The average molecular weight is 531 g/mol. The van der Waals surface area contributed by atoms with Crippen LogP contribution in [0.4, 0.5) is 0 Å². The summed E-state index contributed by atoms with van der Waals surface area (Å²) in [6.07, 6.45) is 10.2. The molecule has 1 unspecified atom stereocenters. The zero-order valence-corrected chi connectivity index (χ0v) is 22.0. The molecular formula is C30H31ClN4O3. The van der Waals surface area contributed by atoms with Crippen LogP contribution in [0.5, 0.6) is 5.75 Å². The van der Waals surface area contributed by atoms with Gasteiger partial charge < -0.3 is 10.1 Å². The molecule has 0 radical (unpaired) electrons. The van der Waals surface area contributed by atoms with Crippen LogP contribution >= 0.6 is 11.6 Å². The Balaban J connectivity index is 1.12. The Bertz CT molecular complexity index is 1450. The zero-order chi connectivity index (χ0) is 26.1. The lowest BCUT2D eigenvalue weighted by Gasteiger charge is -2.38. The standard InChI is InChI=1S/C30H31ClN4O3/c31-24-5-6-25(33-17-24)19-38-27-8-13-35(28(36)16-27)26-7-4-22-14-21(2-3-23(22)15-26)18-34-12-1-9-30(20-34)10-11-32-29(30)37/h2-3,5-6,8,13-17H,1,4,7,9-12,18-20H2,(H,32,37). The first-order valence-corrected chi connectivity index (χ1v) is 13.6. The first-order valence-electron chi connectivity index (χ1n) is 13.3. The molecule has 196 valence electrons. The van der Waals surface area contributed by atoms with Crippen LogP contribution in [0.15, 0.2) is 59.7 Å². The van der Waals surface area contributed by atoms with Crippen LogP contribution in [0.1, 0.15) is 48.1 Å². The van der Waals surface area contributed by atoms with Crippen molar-refractivity contribution < 1.29 is 9.53 Å². The van der Waals surface area contributed by atoms with E-state index < -0.39 is 0 Å². The summed E-state index contributed by atoms with van der Waals surface area (Å²) in [5, 5.41) is 3.61. The Morgan fingerprint density at radius 3 is 2.79 bits per heavy atom. The molecule has 2 aromatic heterocycles. The maximum absolute atomic E-state index is 12.9. The number of nitrogens with zero attached hydrogens (tertiary/aromatic N) is 3. The van der Waals surface area contributed by atoms with Crippen LogP contribution in [0.3, 0.4) is 0 Å². The van der Waals surface area contributed by atoms with Crippen molar-refractivity contribution >= 4 is 29.3 Å².